The van der Waals surface area contributed by atoms with Crippen molar-refractivity contribution in [2.75, 3.05) is 20.1 Å². The minimum Gasteiger partial charge on any atom is -0.337 e. The number of nitrogens with one attached hydrogen (secondary N) is 1. The molecule has 1 fully saturated rings. The molecule has 0 saturated carbocycles. The molecule has 1 atom stereocenters. The van der Waals surface area contributed by atoms with Gasteiger partial charge in [0.25, 0.3) is 5.91 Å². The molecule has 1 amide bonds. The number of imidazole rings is 1. The van der Waals surface area contributed by atoms with Crippen LogP contribution in [0.5, 0.6) is 0 Å². The molecule has 7 nitrogen and oxygen atoms in total. The first-order chi connectivity index (χ1) is 15.6. The number of likely N-dealkylation sites (tertiary alicyclic amines) is 1. The predicted molar refractivity (Wildman–Crippen MR) is 126 cm³/mol. The van der Waals surface area contributed by atoms with E-state index < -0.39 is 0 Å². The van der Waals surface area contributed by atoms with Gasteiger partial charge in [0.05, 0.1) is 28.8 Å². The molecular weight excluding hydrogens is 420 g/mol. The number of rotatable bonds is 6. The summed E-state index contributed by atoms with van der Waals surface area (Å²) in [5.41, 5.74) is 5.12. The highest BCUT2D eigenvalue weighted by Crippen LogP contribution is 2.30. The van der Waals surface area contributed by atoms with Crippen LogP contribution in [0.2, 0.25) is 0 Å². The second-order valence-electron chi connectivity index (χ2n) is 8.62. The van der Waals surface area contributed by atoms with Crippen molar-refractivity contribution in [3.05, 3.63) is 76.3 Å². The van der Waals surface area contributed by atoms with Crippen LogP contribution >= 0.6 is 11.3 Å². The molecule has 1 aliphatic rings. The fraction of sp³-hybridized carbons (Fsp3) is 0.375. The van der Waals surface area contributed by atoms with Gasteiger partial charge in [-0.05, 0) is 31.9 Å². The van der Waals surface area contributed by atoms with Gasteiger partial charge in [-0.25, -0.2) is 4.98 Å². The van der Waals surface area contributed by atoms with Gasteiger partial charge in [-0.15, -0.1) is 11.3 Å². The highest BCUT2D eigenvalue weighted by Gasteiger charge is 2.28. The summed E-state index contributed by atoms with van der Waals surface area (Å²) >= 11 is 1.67. The van der Waals surface area contributed by atoms with E-state index in [9.17, 15) is 4.79 Å². The number of aryl methyl sites for hydroxylation is 1. The number of fused-ring (bicyclic) bond motifs is 1. The number of aromatic nitrogens is 4. The Labute approximate surface area is 191 Å². The molecule has 5 rings (SSSR count). The maximum absolute atomic E-state index is 13.2. The van der Waals surface area contributed by atoms with Crippen molar-refractivity contribution in [2.45, 2.75) is 38.8 Å². The van der Waals surface area contributed by atoms with Crippen molar-refractivity contribution in [1.82, 2.24) is 29.4 Å². The van der Waals surface area contributed by atoms with Crippen LogP contribution in [0.1, 0.15) is 51.8 Å². The fourth-order valence-electron chi connectivity index (χ4n) is 4.69. The lowest BCUT2D eigenvalue weighted by molar-refractivity contribution is 0.0782. The summed E-state index contributed by atoms with van der Waals surface area (Å²) in [5, 5.41) is 9.49. The number of piperidine rings is 1. The summed E-state index contributed by atoms with van der Waals surface area (Å²) in [5.74, 6) is 0.280. The van der Waals surface area contributed by atoms with Crippen LogP contribution in [0.3, 0.4) is 0 Å². The van der Waals surface area contributed by atoms with E-state index in [2.05, 4.69) is 43.0 Å². The summed E-state index contributed by atoms with van der Waals surface area (Å²) in [4.78, 5) is 23.2. The lowest BCUT2D eigenvalue weighted by atomic mass is 9.92. The van der Waals surface area contributed by atoms with Crippen molar-refractivity contribution in [2.24, 2.45) is 0 Å². The lowest BCUT2D eigenvalue weighted by Gasteiger charge is -2.32. The number of hydrogen-bond acceptors (Lipinski definition) is 5. The minimum absolute atomic E-state index is 0.0151. The monoisotopic (exact) mass is 448 g/mol. The molecule has 4 heterocycles. The SMILES string of the molecule is Cc1nc2sccn2c1CN1CCCC(c2[nH]ncc2C(=O)N(C)Cc2ccccc2)C1. The third-order valence-electron chi connectivity index (χ3n) is 6.36. The van der Waals surface area contributed by atoms with Gasteiger partial charge in [-0.1, -0.05) is 30.3 Å². The second kappa shape index (κ2) is 8.88. The van der Waals surface area contributed by atoms with Gasteiger partial charge in [-0.3, -0.25) is 19.2 Å². The molecule has 3 aromatic heterocycles. The van der Waals surface area contributed by atoms with Crippen molar-refractivity contribution in [1.29, 1.82) is 0 Å². The fourth-order valence-corrected chi connectivity index (χ4v) is 5.47. The molecule has 0 radical (unpaired) electrons. The van der Waals surface area contributed by atoms with Crippen LogP contribution in [-0.2, 0) is 13.1 Å². The number of carbonyl (C=O) groups excluding carboxylic acids is 1. The number of benzene rings is 1. The van der Waals surface area contributed by atoms with E-state index in [0.717, 1.165) is 54.4 Å². The molecular formula is C24H28N6OS. The second-order valence-corrected chi connectivity index (χ2v) is 9.49. The Bertz CT molecular complexity index is 1210. The highest BCUT2D eigenvalue weighted by atomic mass is 32.1. The Hall–Kier alpha value is -2.97. The minimum atomic E-state index is 0.0151. The first-order valence-electron chi connectivity index (χ1n) is 11.1. The van der Waals surface area contributed by atoms with Gasteiger partial charge in [0, 0.05) is 44.2 Å². The molecule has 1 N–H and O–H groups in total. The number of aromatic amines is 1. The summed E-state index contributed by atoms with van der Waals surface area (Å²) in [6.07, 6.45) is 5.95. The molecule has 166 valence electrons. The first-order valence-corrected chi connectivity index (χ1v) is 11.9. The van der Waals surface area contributed by atoms with E-state index in [1.807, 2.05) is 37.4 Å². The molecule has 4 aromatic rings. The quantitative estimate of drug-likeness (QED) is 0.483. The van der Waals surface area contributed by atoms with Gasteiger partial charge in [0.1, 0.15) is 0 Å². The molecule has 1 saturated heterocycles. The van der Waals surface area contributed by atoms with E-state index in [4.69, 9.17) is 0 Å². The van der Waals surface area contributed by atoms with Crippen molar-refractivity contribution < 1.29 is 4.79 Å². The summed E-state index contributed by atoms with van der Waals surface area (Å²) < 4.78 is 2.20. The zero-order chi connectivity index (χ0) is 22.1. The molecule has 8 heteroatoms. The van der Waals surface area contributed by atoms with Crippen molar-refractivity contribution in [3.63, 3.8) is 0 Å². The average Bonchev–Trinajstić information content (AvgIpc) is 3.52. The van der Waals surface area contributed by atoms with E-state index >= 15 is 0 Å². The van der Waals surface area contributed by atoms with Crippen LogP contribution in [0.4, 0.5) is 0 Å². The van der Waals surface area contributed by atoms with Gasteiger partial charge in [0.2, 0.25) is 0 Å². The summed E-state index contributed by atoms with van der Waals surface area (Å²) in [6, 6.07) is 10.1. The normalized spacial score (nSPS) is 17.1. The predicted octanol–water partition coefficient (Wildman–Crippen LogP) is 4.08. The molecule has 32 heavy (non-hydrogen) atoms. The average molecular weight is 449 g/mol. The lowest BCUT2D eigenvalue weighted by Crippen LogP contribution is -2.35. The zero-order valence-electron chi connectivity index (χ0n) is 18.5. The van der Waals surface area contributed by atoms with Crippen LogP contribution in [0.25, 0.3) is 4.96 Å². The topological polar surface area (TPSA) is 69.5 Å². The summed E-state index contributed by atoms with van der Waals surface area (Å²) in [7, 11) is 1.85. The Morgan fingerprint density at radius 3 is 3.00 bits per heavy atom. The van der Waals surface area contributed by atoms with Crippen LogP contribution < -0.4 is 0 Å². The third-order valence-corrected chi connectivity index (χ3v) is 7.11. The molecule has 1 aromatic carbocycles. The maximum Gasteiger partial charge on any atom is 0.257 e. The molecule has 0 spiro atoms. The van der Waals surface area contributed by atoms with E-state index in [0.29, 0.717) is 12.1 Å². The molecule has 1 unspecified atom stereocenters. The standard InChI is InChI=1S/C24H28N6OS/c1-17-21(30-11-12-32-24(30)26-17)16-29-10-6-9-19(15-29)22-20(13-25-27-22)23(31)28(2)14-18-7-4-3-5-8-18/h3-5,7-8,11-13,19H,6,9-10,14-16H2,1-2H3,(H,25,27). The Balaban J connectivity index is 1.30. The number of amides is 1. The van der Waals surface area contributed by atoms with Gasteiger partial charge >= 0.3 is 0 Å². The number of hydrogen-bond donors (Lipinski definition) is 1. The van der Waals surface area contributed by atoms with Crippen LogP contribution in [0.15, 0.2) is 48.1 Å². The van der Waals surface area contributed by atoms with Gasteiger partial charge in [-0.2, -0.15) is 5.10 Å². The van der Waals surface area contributed by atoms with Crippen molar-refractivity contribution >= 4 is 22.2 Å². The molecule has 0 aliphatic carbocycles. The first kappa shape index (κ1) is 20.9. The van der Waals surface area contributed by atoms with Gasteiger partial charge in [0.15, 0.2) is 4.96 Å². The van der Waals surface area contributed by atoms with Crippen molar-refractivity contribution in [3.8, 4) is 0 Å². The van der Waals surface area contributed by atoms with E-state index in [-0.39, 0.29) is 11.8 Å². The van der Waals surface area contributed by atoms with Crippen LogP contribution in [-0.4, -0.2) is 55.4 Å². The number of thiazole rings is 1. The maximum atomic E-state index is 13.2. The van der Waals surface area contributed by atoms with Crippen LogP contribution in [0, 0.1) is 6.92 Å². The Morgan fingerprint density at radius 2 is 2.16 bits per heavy atom. The number of carbonyl (C=O) groups is 1. The zero-order valence-corrected chi connectivity index (χ0v) is 19.3. The Kier molecular flexibility index (Phi) is 5.80. The largest absolute Gasteiger partial charge is 0.337 e. The number of nitrogens with zero attached hydrogens (tertiary/aromatic N) is 5. The number of H-pyrrole nitrogens is 1. The summed E-state index contributed by atoms with van der Waals surface area (Å²) in [6.45, 7) is 5.49. The smallest absolute Gasteiger partial charge is 0.257 e. The van der Waals surface area contributed by atoms with Gasteiger partial charge < -0.3 is 4.90 Å². The van der Waals surface area contributed by atoms with E-state index in [1.165, 1.54) is 5.69 Å². The highest BCUT2D eigenvalue weighted by molar-refractivity contribution is 7.15. The molecule has 1 aliphatic heterocycles. The Morgan fingerprint density at radius 1 is 1.31 bits per heavy atom. The molecule has 0 bridgehead atoms. The van der Waals surface area contributed by atoms with E-state index in [1.54, 1.807) is 22.4 Å². The third kappa shape index (κ3) is 4.08.